The van der Waals surface area contributed by atoms with E-state index in [4.69, 9.17) is 11.6 Å². The van der Waals surface area contributed by atoms with Gasteiger partial charge in [-0.05, 0) is 35.4 Å². The SMILES string of the molecule is FC(F)(F)c1ccc(CNc2cccc(CCl)c2)cc1. The third-order valence-electron chi connectivity index (χ3n) is 2.86. The highest BCUT2D eigenvalue weighted by atomic mass is 35.5. The first-order valence-corrected chi connectivity index (χ1v) is 6.57. The first-order valence-electron chi connectivity index (χ1n) is 6.04. The van der Waals surface area contributed by atoms with Gasteiger partial charge in [-0.3, -0.25) is 0 Å². The smallest absolute Gasteiger partial charge is 0.381 e. The van der Waals surface area contributed by atoms with Crippen LogP contribution in [-0.4, -0.2) is 0 Å². The zero-order valence-corrected chi connectivity index (χ0v) is 11.3. The Labute approximate surface area is 120 Å². The van der Waals surface area contributed by atoms with Crippen LogP contribution in [-0.2, 0) is 18.6 Å². The van der Waals surface area contributed by atoms with E-state index < -0.39 is 11.7 Å². The average Bonchev–Trinajstić information content (AvgIpc) is 2.45. The number of halogens is 4. The van der Waals surface area contributed by atoms with E-state index in [1.165, 1.54) is 12.1 Å². The second-order valence-corrected chi connectivity index (χ2v) is 4.65. The lowest BCUT2D eigenvalue weighted by atomic mass is 10.1. The van der Waals surface area contributed by atoms with Crippen LogP contribution < -0.4 is 5.32 Å². The molecule has 1 N–H and O–H groups in total. The number of hydrogen-bond acceptors (Lipinski definition) is 1. The molecule has 2 aromatic rings. The molecule has 0 aromatic heterocycles. The summed E-state index contributed by atoms with van der Waals surface area (Å²) in [6.07, 6.45) is -4.29. The van der Waals surface area contributed by atoms with E-state index in [1.54, 1.807) is 0 Å². The summed E-state index contributed by atoms with van der Waals surface area (Å²) >= 11 is 5.74. The summed E-state index contributed by atoms with van der Waals surface area (Å²) in [7, 11) is 0. The van der Waals surface area contributed by atoms with Gasteiger partial charge in [-0.1, -0.05) is 24.3 Å². The predicted molar refractivity (Wildman–Crippen MR) is 74.8 cm³/mol. The van der Waals surface area contributed by atoms with Gasteiger partial charge in [0.1, 0.15) is 0 Å². The van der Waals surface area contributed by atoms with Crippen LogP contribution in [0.5, 0.6) is 0 Å². The van der Waals surface area contributed by atoms with E-state index in [0.717, 1.165) is 28.9 Å². The van der Waals surface area contributed by atoms with Crippen LogP contribution in [0.25, 0.3) is 0 Å². The lowest BCUT2D eigenvalue weighted by Gasteiger charge is -2.10. The molecule has 20 heavy (non-hydrogen) atoms. The van der Waals surface area contributed by atoms with E-state index >= 15 is 0 Å². The van der Waals surface area contributed by atoms with Gasteiger partial charge < -0.3 is 5.32 Å². The maximum atomic E-state index is 12.4. The van der Waals surface area contributed by atoms with Crippen molar-refractivity contribution in [2.24, 2.45) is 0 Å². The van der Waals surface area contributed by atoms with Crippen molar-refractivity contribution >= 4 is 17.3 Å². The van der Waals surface area contributed by atoms with E-state index in [1.807, 2.05) is 24.3 Å². The molecule has 0 saturated carbocycles. The van der Waals surface area contributed by atoms with Crippen LogP contribution >= 0.6 is 11.6 Å². The van der Waals surface area contributed by atoms with E-state index in [0.29, 0.717) is 12.4 Å². The number of anilines is 1. The summed E-state index contributed by atoms with van der Waals surface area (Å²) in [4.78, 5) is 0. The number of hydrogen-bond donors (Lipinski definition) is 1. The molecule has 5 heteroatoms. The molecule has 0 fully saturated rings. The second-order valence-electron chi connectivity index (χ2n) is 4.38. The summed E-state index contributed by atoms with van der Waals surface area (Å²) in [5.41, 5.74) is 2.03. The maximum absolute atomic E-state index is 12.4. The molecule has 1 nitrogen and oxygen atoms in total. The Balaban J connectivity index is 2.00. The third-order valence-corrected chi connectivity index (χ3v) is 3.17. The Hall–Kier alpha value is -1.68. The van der Waals surface area contributed by atoms with Gasteiger partial charge in [0.15, 0.2) is 0 Å². The molecule has 2 rings (SSSR count). The fourth-order valence-corrected chi connectivity index (χ4v) is 1.95. The van der Waals surface area contributed by atoms with Crippen LogP contribution in [0.1, 0.15) is 16.7 Å². The summed E-state index contributed by atoms with van der Waals surface area (Å²) in [6.45, 7) is 0.462. The Morgan fingerprint density at radius 3 is 2.25 bits per heavy atom. The molecule has 0 unspecified atom stereocenters. The molecule has 106 valence electrons. The molecule has 0 spiro atoms. The highest BCUT2D eigenvalue weighted by Gasteiger charge is 2.29. The quantitative estimate of drug-likeness (QED) is 0.778. The van der Waals surface area contributed by atoms with Crippen molar-refractivity contribution in [3.63, 3.8) is 0 Å². The Morgan fingerprint density at radius 1 is 0.950 bits per heavy atom. The van der Waals surface area contributed by atoms with Crippen molar-refractivity contribution in [1.29, 1.82) is 0 Å². The average molecular weight is 300 g/mol. The van der Waals surface area contributed by atoms with Crippen molar-refractivity contribution < 1.29 is 13.2 Å². The molecule has 0 radical (unpaired) electrons. The molecular weight excluding hydrogens is 287 g/mol. The monoisotopic (exact) mass is 299 g/mol. The predicted octanol–water partition coefficient (Wildman–Crippen LogP) is 5.06. The van der Waals surface area contributed by atoms with Gasteiger partial charge in [-0.15, -0.1) is 11.6 Å². The fraction of sp³-hybridized carbons (Fsp3) is 0.200. The van der Waals surface area contributed by atoms with Gasteiger partial charge in [0, 0.05) is 18.1 Å². The van der Waals surface area contributed by atoms with Gasteiger partial charge >= 0.3 is 6.18 Å². The highest BCUT2D eigenvalue weighted by molar-refractivity contribution is 6.17. The minimum atomic E-state index is -4.29. The zero-order chi connectivity index (χ0) is 14.6. The molecule has 0 amide bonds. The minimum absolute atomic E-state index is 0.426. The molecule has 0 bridgehead atoms. The molecular formula is C15H13ClF3N. The van der Waals surface area contributed by atoms with Gasteiger partial charge in [-0.2, -0.15) is 13.2 Å². The van der Waals surface area contributed by atoms with Crippen LogP contribution in [0.2, 0.25) is 0 Å². The van der Waals surface area contributed by atoms with Gasteiger partial charge in [0.05, 0.1) is 5.56 Å². The van der Waals surface area contributed by atoms with Gasteiger partial charge in [-0.25, -0.2) is 0 Å². The molecule has 0 heterocycles. The molecule has 0 atom stereocenters. The second kappa shape index (κ2) is 6.18. The van der Waals surface area contributed by atoms with Crippen molar-refractivity contribution in [2.75, 3.05) is 5.32 Å². The minimum Gasteiger partial charge on any atom is -0.381 e. The first-order chi connectivity index (χ1) is 9.49. The van der Waals surface area contributed by atoms with Crippen molar-refractivity contribution in [2.45, 2.75) is 18.6 Å². The largest absolute Gasteiger partial charge is 0.416 e. The van der Waals surface area contributed by atoms with Crippen LogP contribution in [0.4, 0.5) is 18.9 Å². The topological polar surface area (TPSA) is 12.0 Å². The maximum Gasteiger partial charge on any atom is 0.416 e. The van der Waals surface area contributed by atoms with Crippen molar-refractivity contribution in [3.05, 3.63) is 65.2 Å². The number of rotatable bonds is 4. The van der Waals surface area contributed by atoms with Crippen LogP contribution in [0.3, 0.4) is 0 Å². The molecule has 0 aliphatic carbocycles. The molecule has 0 aliphatic heterocycles. The highest BCUT2D eigenvalue weighted by Crippen LogP contribution is 2.29. The Kier molecular flexibility index (Phi) is 4.55. The van der Waals surface area contributed by atoms with E-state index in [9.17, 15) is 13.2 Å². The van der Waals surface area contributed by atoms with Crippen molar-refractivity contribution in [3.8, 4) is 0 Å². The standard InChI is InChI=1S/C15H13ClF3N/c16-9-12-2-1-3-14(8-12)20-10-11-4-6-13(7-5-11)15(17,18)19/h1-8,20H,9-10H2. The third kappa shape index (κ3) is 3.90. The summed E-state index contributed by atoms with van der Waals surface area (Å²) in [5, 5.41) is 3.15. The summed E-state index contributed by atoms with van der Waals surface area (Å²) < 4.78 is 37.3. The van der Waals surface area contributed by atoms with Crippen LogP contribution in [0, 0.1) is 0 Å². The lowest BCUT2D eigenvalue weighted by Crippen LogP contribution is -2.05. The van der Waals surface area contributed by atoms with Crippen molar-refractivity contribution in [1.82, 2.24) is 0 Å². The fourth-order valence-electron chi connectivity index (χ4n) is 1.78. The number of benzene rings is 2. The normalized spacial score (nSPS) is 11.4. The summed E-state index contributed by atoms with van der Waals surface area (Å²) in [5.74, 6) is 0.426. The van der Waals surface area contributed by atoms with Crippen LogP contribution in [0.15, 0.2) is 48.5 Å². The number of nitrogens with one attached hydrogen (secondary N) is 1. The number of alkyl halides is 4. The van der Waals surface area contributed by atoms with Gasteiger partial charge in [0.2, 0.25) is 0 Å². The van der Waals surface area contributed by atoms with E-state index in [2.05, 4.69) is 5.32 Å². The zero-order valence-electron chi connectivity index (χ0n) is 10.5. The lowest BCUT2D eigenvalue weighted by molar-refractivity contribution is -0.137. The molecule has 0 saturated heterocycles. The Bertz CT molecular complexity index is 564. The van der Waals surface area contributed by atoms with E-state index in [-0.39, 0.29) is 0 Å². The Morgan fingerprint density at radius 2 is 1.65 bits per heavy atom. The molecule has 0 aliphatic rings. The first kappa shape index (κ1) is 14.7. The summed E-state index contributed by atoms with van der Waals surface area (Å²) in [6, 6.07) is 12.7. The molecule has 2 aromatic carbocycles. The van der Waals surface area contributed by atoms with Gasteiger partial charge in [0.25, 0.3) is 0 Å².